The van der Waals surface area contributed by atoms with E-state index in [-0.39, 0.29) is 0 Å². The van der Waals surface area contributed by atoms with Crippen LogP contribution in [0.3, 0.4) is 0 Å². The molecule has 0 fully saturated rings. The second-order valence-corrected chi connectivity index (χ2v) is 11.5. The molecule has 4 heteroatoms. The maximum absolute atomic E-state index is 2.99. The maximum Gasteiger partial charge on any atom is 0.609 e. The molecule has 0 atom stereocenters. The molecule has 0 radical (unpaired) electrons. The average Bonchev–Trinajstić information content (AvgIpc) is 2.72. The van der Waals surface area contributed by atoms with Crippen LogP contribution in [-0.2, 0) is 0 Å². The second kappa shape index (κ2) is 20.7. The molecule has 0 aromatic carbocycles. The van der Waals surface area contributed by atoms with Gasteiger partial charge in [0, 0.05) is 0 Å². The van der Waals surface area contributed by atoms with Crippen molar-refractivity contribution in [1.82, 2.24) is 11.7 Å². The summed E-state index contributed by atoms with van der Waals surface area (Å²) in [6, 6.07) is 0. The van der Waals surface area contributed by atoms with E-state index in [4.69, 9.17) is 0 Å². The molecule has 3 nitrogen and oxygen atoms in total. The van der Waals surface area contributed by atoms with Gasteiger partial charge in [-0.25, -0.2) is 0 Å². The molecule has 168 valence electrons. The van der Waals surface area contributed by atoms with Crippen LogP contribution in [0.25, 0.3) is 0 Å². The molecule has 0 heterocycles. The van der Waals surface area contributed by atoms with E-state index in [1.807, 2.05) is 0 Å². The van der Waals surface area contributed by atoms with Gasteiger partial charge in [0.1, 0.15) is 0 Å². The van der Waals surface area contributed by atoms with Crippen LogP contribution in [0.15, 0.2) is 0 Å². The standard InChI is InChI=1S/3C8H18N.Al/c3*1-3-5-7-9-8-6-4-2;/h3*3-8H2,1-2H3;/q3*-1;+3. The van der Waals surface area contributed by atoms with Gasteiger partial charge in [-0.3, -0.25) is 0 Å². The lowest BCUT2D eigenvalue weighted by molar-refractivity contribution is 0.251. The van der Waals surface area contributed by atoms with Crippen molar-refractivity contribution >= 4 is 14.8 Å². The van der Waals surface area contributed by atoms with Gasteiger partial charge in [0.15, 0.2) is 0 Å². The summed E-state index contributed by atoms with van der Waals surface area (Å²) in [7, 11) is 0. The van der Waals surface area contributed by atoms with E-state index < -0.39 is 14.8 Å². The van der Waals surface area contributed by atoms with Crippen LogP contribution in [0.1, 0.15) is 119 Å². The molecular weight excluding hydrogens is 357 g/mol. The minimum Gasteiger partial charge on any atom is -0.357 e. The molecule has 0 saturated heterocycles. The Morgan fingerprint density at radius 3 is 0.679 bits per heavy atom. The van der Waals surface area contributed by atoms with Gasteiger partial charge >= 0.3 is 14.8 Å². The highest BCUT2D eigenvalue weighted by molar-refractivity contribution is 6.49. The predicted molar refractivity (Wildman–Crippen MR) is 130 cm³/mol. The zero-order valence-corrected chi connectivity index (χ0v) is 21.8. The third-order valence-electron chi connectivity index (χ3n) is 5.77. The zero-order chi connectivity index (χ0) is 21.0. The smallest absolute Gasteiger partial charge is 0.357 e. The Hall–Kier alpha value is 0.412. The fourth-order valence-electron chi connectivity index (χ4n) is 3.89. The van der Waals surface area contributed by atoms with Crippen molar-refractivity contribution in [3.8, 4) is 0 Å². The lowest BCUT2D eigenvalue weighted by Gasteiger charge is -2.42. The van der Waals surface area contributed by atoms with Crippen LogP contribution in [0.4, 0.5) is 0 Å². The van der Waals surface area contributed by atoms with Crippen molar-refractivity contribution in [2.75, 3.05) is 39.3 Å². The molecule has 0 unspecified atom stereocenters. The Balaban J connectivity index is 5.67. The lowest BCUT2D eigenvalue weighted by Crippen LogP contribution is -2.64. The molecule has 0 aromatic heterocycles. The first-order chi connectivity index (χ1) is 13.7. The van der Waals surface area contributed by atoms with Crippen LogP contribution < -0.4 is 0 Å². The summed E-state index contributed by atoms with van der Waals surface area (Å²) in [5.74, 6) is 0. The number of hydrogen-bond donors (Lipinski definition) is 0. The molecule has 28 heavy (non-hydrogen) atoms. The Kier molecular flexibility index (Phi) is 21.0. The lowest BCUT2D eigenvalue weighted by atomic mass is 10.3. The number of rotatable bonds is 21. The van der Waals surface area contributed by atoms with E-state index in [0.717, 1.165) is 0 Å². The van der Waals surface area contributed by atoms with Crippen LogP contribution in [0.2, 0.25) is 0 Å². The monoisotopic (exact) mass is 411 g/mol. The van der Waals surface area contributed by atoms with Crippen LogP contribution in [-0.4, -0.2) is 65.7 Å². The van der Waals surface area contributed by atoms with Gasteiger partial charge in [0.2, 0.25) is 0 Å². The summed E-state index contributed by atoms with van der Waals surface area (Å²) in [5.41, 5.74) is 0. The van der Waals surface area contributed by atoms with Crippen molar-refractivity contribution in [2.24, 2.45) is 0 Å². The first-order valence-corrected chi connectivity index (χ1v) is 14.5. The molecule has 0 aromatic rings. The van der Waals surface area contributed by atoms with Crippen LogP contribution in [0.5, 0.6) is 0 Å². The second-order valence-electron chi connectivity index (χ2n) is 8.58. The summed E-state index contributed by atoms with van der Waals surface area (Å²) in [4.78, 5) is 0. The minimum absolute atomic E-state index is 1.27. The van der Waals surface area contributed by atoms with E-state index in [0.29, 0.717) is 0 Å². The van der Waals surface area contributed by atoms with Crippen LogP contribution in [0, 0.1) is 0 Å². The van der Waals surface area contributed by atoms with Gasteiger partial charge in [-0.1, -0.05) is 80.1 Å². The summed E-state index contributed by atoms with van der Waals surface area (Å²) in [6.45, 7) is 22.0. The molecule has 0 spiro atoms. The Bertz CT molecular complexity index is 243. The molecule has 0 amide bonds. The van der Waals surface area contributed by atoms with Gasteiger partial charge in [0.25, 0.3) is 0 Å². The quantitative estimate of drug-likeness (QED) is 0.195. The Morgan fingerprint density at radius 2 is 0.536 bits per heavy atom. The Labute approximate surface area is 184 Å². The highest BCUT2D eigenvalue weighted by Crippen LogP contribution is 2.15. The summed E-state index contributed by atoms with van der Waals surface area (Å²) in [5, 5.41) is 0. The van der Waals surface area contributed by atoms with E-state index in [1.54, 1.807) is 0 Å². The van der Waals surface area contributed by atoms with E-state index in [9.17, 15) is 0 Å². The summed E-state index contributed by atoms with van der Waals surface area (Å²) < 4.78 is 8.97. The number of unbranched alkanes of at least 4 members (excludes halogenated alkanes) is 6. The molecule has 0 saturated carbocycles. The van der Waals surface area contributed by atoms with Crippen molar-refractivity contribution in [3.63, 3.8) is 0 Å². The number of hydrogen-bond acceptors (Lipinski definition) is 3. The van der Waals surface area contributed by atoms with E-state index in [2.05, 4.69) is 53.2 Å². The third kappa shape index (κ3) is 12.9. The highest BCUT2D eigenvalue weighted by Gasteiger charge is 2.40. The minimum atomic E-state index is -1.27. The maximum atomic E-state index is 2.99. The van der Waals surface area contributed by atoms with Crippen LogP contribution >= 0.6 is 0 Å². The van der Waals surface area contributed by atoms with Crippen molar-refractivity contribution in [2.45, 2.75) is 119 Å². The fourth-order valence-corrected chi connectivity index (χ4v) is 7.76. The molecular formula is C24H54AlN3. The molecule has 0 aliphatic carbocycles. The average molecular weight is 412 g/mol. The zero-order valence-electron chi connectivity index (χ0n) is 20.6. The van der Waals surface area contributed by atoms with Gasteiger partial charge < -0.3 is 11.7 Å². The molecule has 0 N–H and O–H groups in total. The van der Waals surface area contributed by atoms with Gasteiger partial charge in [-0.15, -0.1) is 0 Å². The fraction of sp³-hybridized carbons (Fsp3) is 1.00. The van der Waals surface area contributed by atoms with Crippen molar-refractivity contribution < 1.29 is 0 Å². The SMILES string of the molecule is CCCC[N](CCCC)[Al]([N](CCCC)CCCC)[N](CCCC)CCCC. The predicted octanol–water partition coefficient (Wildman–Crippen LogP) is 6.68. The van der Waals surface area contributed by atoms with E-state index >= 15 is 0 Å². The number of nitrogens with zero attached hydrogens (tertiary/aromatic N) is 3. The summed E-state index contributed by atoms with van der Waals surface area (Å²) in [6.07, 6.45) is 16.1. The Morgan fingerprint density at radius 1 is 0.357 bits per heavy atom. The first kappa shape index (κ1) is 28.4. The topological polar surface area (TPSA) is 9.72 Å². The van der Waals surface area contributed by atoms with Gasteiger partial charge in [0.05, 0.1) is 0 Å². The summed E-state index contributed by atoms with van der Waals surface area (Å²) >= 11 is -1.27. The third-order valence-corrected chi connectivity index (χ3v) is 9.28. The van der Waals surface area contributed by atoms with Crippen molar-refractivity contribution in [1.29, 1.82) is 0 Å². The largest absolute Gasteiger partial charge is 0.609 e. The molecule has 0 aliphatic heterocycles. The van der Waals surface area contributed by atoms with Gasteiger partial charge in [-0.05, 0) is 77.8 Å². The highest BCUT2D eigenvalue weighted by atomic mass is 27.2. The molecule has 0 aliphatic rings. The van der Waals surface area contributed by atoms with Gasteiger partial charge in [-0.2, -0.15) is 0 Å². The van der Waals surface area contributed by atoms with Crippen molar-refractivity contribution in [3.05, 3.63) is 0 Å². The molecule has 0 bridgehead atoms. The van der Waals surface area contributed by atoms with E-state index in [1.165, 1.54) is 116 Å². The normalized spacial score (nSPS) is 11.9. The molecule has 0 rings (SSSR count). The first-order valence-electron chi connectivity index (χ1n) is 12.9.